The SMILES string of the molecule is Cc1cccc(C(N)c2ccc(OC(C)C)cc2)c1I. The van der Waals surface area contributed by atoms with Crippen LogP contribution in [0.1, 0.15) is 36.6 Å². The number of ether oxygens (including phenoxy) is 1. The van der Waals surface area contributed by atoms with Crippen molar-refractivity contribution in [3.63, 3.8) is 0 Å². The highest BCUT2D eigenvalue weighted by atomic mass is 127. The summed E-state index contributed by atoms with van der Waals surface area (Å²) in [6.07, 6.45) is 0.187. The van der Waals surface area contributed by atoms with Crippen LogP contribution in [0, 0.1) is 10.5 Å². The summed E-state index contributed by atoms with van der Waals surface area (Å²) >= 11 is 2.36. The van der Waals surface area contributed by atoms with Gasteiger partial charge in [0.25, 0.3) is 0 Å². The van der Waals surface area contributed by atoms with Crippen molar-refractivity contribution in [2.75, 3.05) is 0 Å². The molecule has 0 heterocycles. The first-order valence-corrected chi connectivity index (χ1v) is 7.84. The molecule has 0 bridgehead atoms. The Bertz CT molecular complexity index is 578. The molecule has 20 heavy (non-hydrogen) atoms. The maximum absolute atomic E-state index is 6.39. The van der Waals surface area contributed by atoms with Gasteiger partial charge in [-0.25, -0.2) is 0 Å². The normalized spacial score (nSPS) is 12.5. The Labute approximate surface area is 134 Å². The minimum atomic E-state index is -0.102. The quantitative estimate of drug-likeness (QED) is 0.795. The molecule has 0 fully saturated rings. The summed E-state index contributed by atoms with van der Waals surface area (Å²) in [5.41, 5.74) is 9.93. The van der Waals surface area contributed by atoms with Crippen LogP contribution < -0.4 is 10.5 Å². The van der Waals surface area contributed by atoms with Crippen LogP contribution in [0.5, 0.6) is 5.75 Å². The number of nitrogens with two attached hydrogens (primary N) is 1. The van der Waals surface area contributed by atoms with Gasteiger partial charge in [0.2, 0.25) is 0 Å². The van der Waals surface area contributed by atoms with E-state index in [1.54, 1.807) is 0 Å². The van der Waals surface area contributed by atoms with E-state index in [0.29, 0.717) is 0 Å². The van der Waals surface area contributed by atoms with Crippen molar-refractivity contribution >= 4 is 22.6 Å². The molecule has 3 heteroatoms. The lowest BCUT2D eigenvalue weighted by Crippen LogP contribution is -2.14. The molecule has 0 aliphatic carbocycles. The van der Waals surface area contributed by atoms with Crippen molar-refractivity contribution in [2.24, 2.45) is 5.73 Å². The Morgan fingerprint density at radius 3 is 2.30 bits per heavy atom. The van der Waals surface area contributed by atoms with Gasteiger partial charge in [0.05, 0.1) is 12.1 Å². The van der Waals surface area contributed by atoms with Gasteiger partial charge in [0, 0.05) is 3.57 Å². The van der Waals surface area contributed by atoms with E-state index in [2.05, 4.69) is 47.7 Å². The van der Waals surface area contributed by atoms with Gasteiger partial charge in [-0.2, -0.15) is 0 Å². The molecule has 0 saturated carbocycles. The van der Waals surface area contributed by atoms with Gasteiger partial charge in [0.15, 0.2) is 0 Å². The Morgan fingerprint density at radius 1 is 1.05 bits per heavy atom. The van der Waals surface area contributed by atoms with Crippen molar-refractivity contribution < 1.29 is 4.74 Å². The molecule has 0 spiro atoms. The van der Waals surface area contributed by atoms with Crippen LogP contribution in [0.3, 0.4) is 0 Å². The average Bonchev–Trinajstić information content (AvgIpc) is 2.41. The van der Waals surface area contributed by atoms with Crippen molar-refractivity contribution in [3.8, 4) is 5.75 Å². The maximum Gasteiger partial charge on any atom is 0.119 e. The molecular formula is C17H20INO. The van der Waals surface area contributed by atoms with Crippen LogP contribution in [0.4, 0.5) is 0 Å². The molecule has 2 aromatic carbocycles. The summed E-state index contributed by atoms with van der Waals surface area (Å²) in [6, 6.07) is 14.2. The molecule has 0 amide bonds. The van der Waals surface area contributed by atoms with Crippen molar-refractivity contribution in [2.45, 2.75) is 32.9 Å². The molecular weight excluding hydrogens is 361 g/mol. The number of benzene rings is 2. The Kier molecular flexibility index (Phi) is 5.05. The fourth-order valence-corrected chi connectivity index (χ4v) is 2.81. The predicted octanol–water partition coefficient (Wildman–Crippen LogP) is 4.43. The monoisotopic (exact) mass is 381 g/mol. The number of rotatable bonds is 4. The molecule has 0 aliphatic heterocycles. The van der Waals surface area contributed by atoms with E-state index in [-0.39, 0.29) is 12.1 Å². The first kappa shape index (κ1) is 15.3. The maximum atomic E-state index is 6.39. The molecule has 106 valence electrons. The van der Waals surface area contributed by atoms with E-state index < -0.39 is 0 Å². The highest BCUT2D eigenvalue weighted by molar-refractivity contribution is 14.1. The van der Waals surface area contributed by atoms with Gasteiger partial charge < -0.3 is 10.5 Å². The van der Waals surface area contributed by atoms with E-state index in [1.807, 2.05) is 38.1 Å². The van der Waals surface area contributed by atoms with Gasteiger partial charge in [-0.1, -0.05) is 30.3 Å². The van der Waals surface area contributed by atoms with Crippen LogP contribution in [0.15, 0.2) is 42.5 Å². The molecule has 0 saturated heterocycles. The van der Waals surface area contributed by atoms with Crippen LogP contribution in [0.25, 0.3) is 0 Å². The van der Waals surface area contributed by atoms with Gasteiger partial charge in [0.1, 0.15) is 5.75 Å². The number of aryl methyl sites for hydroxylation is 1. The number of hydrogen-bond donors (Lipinski definition) is 1. The molecule has 2 aromatic rings. The number of halogens is 1. The summed E-state index contributed by atoms with van der Waals surface area (Å²) < 4.78 is 6.89. The third kappa shape index (κ3) is 3.52. The Hall–Kier alpha value is -1.07. The lowest BCUT2D eigenvalue weighted by Gasteiger charge is -2.17. The summed E-state index contributed by atoms with van der Waals surface area (Å²) in [5.74, 6) is 0.884. The third-order valence-electron chi connectivity index (χ3n) is 3.17. The highest BCUT2D eigenvalue weighted by Crippen LogP contribution is 2.27. The van der Waals surface area contributed by atoms with E-state index >= 15 is 0 Å². The van der Waals surface area contributed by atoms with Gasteiger partial charge in [-0.3, -0.25) is 0 Å². The van der Waals surface area contributed by atoms with Crippen molar-refractivity contribution in [3.05, 3.63) is 62.7 Å². The second-order valence-corrected chi connectivity index (χ2v) is 6.27. The standard InChI is InChI=1S/C17H20INO/c1-11(2)20-14-9-7-13(8-10-14)17(19)15-6-4-5-12(3)16(15)18/h4-11,17H,19H2,1-3H3. The first-order chi connectivity index (χ1) is 9.49. The molecule has 2 rings (SSSR count). The van der Waals surface area contributed by atoms with E-state index in [1.165, 1.54) is 14.7 Å². The largest absolute Gasteiger partial charge is 0.491 e. The van der Waals surface area contributed by atoms with Gasteiger partial charge >= 0.3 is 0 Å². The molecule has 2 N–H and O–H groups in total. The van der Waals surface area contributed by atoms with Gasteiger partial charge in [-0.05, 0) is 72.2 Å². The molecule has 0 aliphatic rings. The van der Waals surface area contributed by atoms with E-state index in [4.69, 9.17) is 10.5 Å². The highest BCUT2D eigenvalue weighted by Gasteiger charge is 2.13. The minimum absolute atomic E-state index is 0.102. The van der Waals surface area contributed by atoms with Gasteiger partial charge in [-0.15, -0.1) is 0 Å². The lowest BCUT2D eigenvalue weighted by atomic mass is 9.98. The van der Waals surface area contributed by atoms with Crippen molar-refractivity contribution in [1.82, 2.24) is 0 Å². The molecule has 0 radical (unpaired) electrons. The molecule has 1 atom stereocenters. The summed E-state index contributed by atoms with van der Waals surface area (Å²) in [6.45, 7) is 6.15. The minimum Gasteiger partial charge on any atom is -0.491 e. The third-order valence-corrected chi connectivity index (χ3v) is 4.64. The summed E-state index contributed by atoms with van der Waals surface area (Å²) in [7, 11) is 0. The predicted molar refractivity (Wildman–Crippen MR) is 92.1 cm³/mol. The van der Waals surface area contributed by atoms with Crippen LogP contribution >= 0.6 is 22.6 Å². The second kappa shape index (κ2) is 6.59. The number of hydrogen-bond acceptors (Lipinski definition) is 2. The second-order valence-electron chi connectivity index (χ2n) is 5.19. The topological polar surface area (TPSA) is 35.2 Å². The Morgan fingerprint density at radius 2 is 1.70 bits per heavy atom. The zero-order valence-corrected chi connectivity index (χ0v) is 14.2. The van der Waals surface area contributed by atoms with Crippen LogP contribution in [0.2, 0.25) is 0 Å². The average molecular weight is 381 g/mol. The van der Waals surface area contributed by atoms with Crippen LogP contribution in [-0.2, 0) is 0 Å². The molecule has 0 aromatic heterocycles. The summed E-state index contributed by atoms with van der Waals surface area (Å²) in [5, 5.41) is 0. The smallest absolute Gasteiger partial charge is 0.119 e. The van der Waals surface area contributed by atoms with Crippen molar-refractivity contribution in [1.29, 1.82) is 0 Å². The molecule has 1 unspecified atom stereocenters. The first-order valence-electron chi connectivity index (χ1n) is 6.76. The zero-order chi connectivity index (χ0) is 14.7. The lowest BCUT2D eigenvalue weighted by molar-refractivity contribution is 0.242. The summed E-state index contributed by atoms with van der Waals surface area (Å²) in [4.78, 5) is 0. The van der Waals surface area contributed by atoms with E-state index in [9.17, 15) is 0 Å². The fraction of sp³-hybridized carbons (Fsp3) is 0.294. The molecule has 2 nitrogen and oxygen atoms in total. The Balaban J connectivity index is 2.25. The zero-order valence-electron chi connectivity index (χ0n) is 12.1. The van der Waals surface area contributed by atoms with Crippen LogP contribution in [-0.4, -0.2) is 6.10 Å². The van der Waals surface area contributed by atoms with E-state index in [0.717, 1.165) is 11.3 Å². The fourth-order valence-electron chi connectivity index (χ4n) is 2.12.